The number of benzene rings is 2. The second-order valence-corrected chi connectivity index (χ2v) is 10.2. The van der Waals surface area contributed by atoms with E-state index >= 15 is 0 Å². The molecule has 2 aromatic carbocycles. The van der Waals surface area contributed by atoms with Gasteiger partial charge in [0.25, 0.3) is 0 Å². The van der Waals surface area contributed by atoms with E-state index in [9.17, 15) is 38.6 Å². The topological polar surface area (TPSA) is 120 Å². The minimum atomic E-state index is -0.671. The van der Waals surface area contributed by atoms with E-state index in [-0.39, 0.29) is 27.1 Å². The van der Waals surface area contributed by atoms with Crippen LogP contribution in [0.25, 0.3) is 12.2 Å². The predicted molar refractivity (Wildman–Crippen MR) is 149 cm³/mol. The van der Waals surface area contributed by atoms with Crippen LogP contribution < -0.4 is 0 Å². The molecule has 0 radical (unpaired) electrons. The summed E-state index contributed by atoms with van der Waals surface area (Å²) in [6.07, 6.45) is 5.35. The summed E-state index contributed by atoms with van der Waals surface area (Å²) < 4.78 is 26.8. The zero-order valence-corrected chi connectivity index (χ0v) is 22.7. The highest BCUT2D eigenvalue weighted by molar-refractivity contribution is 9.10. The zero-order chi connectivity index (χ0) is 28.5. The normalized spacial score (nSPS) is 10.8. The van der Waals surface area contributed by atoms with Crippen LogP contribution >= 0.6 is 38.6 Å². The minimum absolute atomic E-state index is 0.0109. The molecule has 0 aliphatic heterocycles. The van der Waals surface area contributed by atoms with Gasteiger partial charge in [-0.15, -0.1) is 0 Å². The monoisotopic (exact) mass is 632 g/mol. The van der Waals surface area contributed by atoms with Gasteiger partial charge in [0.15, 0.2) is 11.6 Å². The van der Waals surface area contributed by atoms with E-state index < -0.39 is 21.5 Å². The van der Waals surface area contributed by atoms with Crippen molar-refractivity contribution >= 4 is 72.3 Å². The molecule has 0 fully saturated rings. The third kappa shape index (κ3) is 8.95. The standard InChI is InChI=1S/C15H9BrF2O.C11H6N2O5S2/c16-12-4-2-11(3-5-12)15(19)6-1-10-7-13(17)9-14(18)8-10;14-9(8-4-11(13(17)18)20-6-8)2-1-7-3-10(12(15)16)19-5-7/h1-9H;1-6H/b6-1+;2-1+. The molecule has 4 rings (SSSR count). The molecule has 0 spiro atoms. The number of hydrogen-bond acceptors (Lipinski definition) is 8. The number of hydrogen-bond donors (Lipinski definition) is 0. The van der Waals surface area contributed by atoms with Gasteiger partial charge in [-0.1, -0.05) is 44.7 Å². The largest absolute Gasteiger partial charge is 0.324 e. The van der Waals surface area contributed by atoms with Crippen molar-refractivity contribution in [2.45, 2.75) is 0 Å². The van der Waals surface area contributed by atoms with E-state index in [4.69, 9.17) is 0 Å². The highest BCUT2D eigenvalue weighted by atomic mass is 79.9. The Labute approximate surface area is 236 Å². The molecule has 198 valence electrons. The molecule has 4 aromatic rings. The lowest BCUT2D eigenvalue weighted by atomic mass is 10.1. The minimum Gasteiger partial charge on any atom is -0.289 e. The number of rotatable bonds is 8. The fourth-order valence-electron chi connectivity index (χ4n) is 2.89. The van der Waals surface area contributed by atoms with E-state index in [0.717, 1.165) is 45.3 Å². The van der Waals surface area contributed by atoms with Crippen molar-refractivity contribution in [1.82, 2.24) is 0 Å². The highest BCUT2D eigenvalue weighted by Gasteiger charge is 2.13. The second kappa shape index (κ2) is 13.6. The molecule has 2 heterocycles. The smallest absolute Gasteiger partial charge is 0.289 e. The molecular formula is C26H15BrF2N2O6S2. The molecule has 39 heavy (non-hydrogen) atoms. The average Bonchev–Trinajstić information content (AvgIpc) is 3.57. The Kier molecular flexibility index (Phi) is 10.2. The summed E-state index contributed by atoms with van der Waals surface area (Å²) in [5.74, 6) is -1.95. The molecule has 13 heteroatoms. The van der Waals surface area contributed by atoms with Crippen LogP contribution in [-0.2, 0) is 0 Å². The first-order valence-electron chi connectivity index (χ1n) is 10.6. The lowest BCUT2D eigenvalue weighted by molar-refractivity contribution is -0.380. The summed E-state index contributed by atoms with van der Waals surface area (Å²) in [5.41, 5.74) is 1.58. The summed E-state index contributed by atoms with van der Waals surface area (Å²) in [5, 5.41) is 23.9. The first-order chi connectivity index (χ1) is 18.5. The van der Waals surface area contributed by atoms with Gasteiger partial charge < -0.3 is 0 Å². The number of nitrogens with zero attached hydrogens (tertiary/aromatic N) is 2. The molecular weight excluding hydrogens is 618 g/mol. The maximum absolute atomic E-state index is 13.0. The lowest BCUT2D eigenvalue weighted by Gasteiger charge is -1.97. The molecule has 0 aliphatic rings. The Morgan fingerprint density at radius 3 is 1.77 bits per heavy atom. The van der Waals surface area contributed by atoms with Crippen molar-refractivity contribution < 1.29 is 28.2 Å². The summed E-state index contributed by atoms with van der Waals surface area (Å²) in [6, 6.07) is 12.5. The first-order valence-corrected chi connectivity index (χ1v) is 13.2. The number of carbonyl (C=O) groups is 2. The Morgan fingerprint density at radius 2 is 1.23 bits per heavy atom. The van der Waals surface area contributed by atoms with Crippen molar-refractivity contribution in [2.75, 3.05) is 0 Å². The number of carbonyl (C=O) groups excluding carboxylic acids is 2. The Balaban J connectivity index is 0.000000216. The fourth-order valence-corrected chi connectivity index (χ4v) is 4.56. The average molecular weight is 633 g/mol. The number of nitro groups is 2. The Morgan fingerprint density at radius 1 is 0.718 bits per heavy atom. The van der Waals surface area contributed by atoms with Gasteiger partial charge in [-0.05, 0) is 65.8 Å². The predicted octanol–water partition coefficient (Wildman–Crippen LogP) is 8.15. The second-order valence-electron chi connectivity index (χ2n) is 7.51. The van der Waals surface area contributed by atoms with Crippen LogP contribution in [0.1, 0.15) is 31.8 Å². The van der Waals surface area contributed by atoms with Crippen molar-refractivity contribution in [3.05, 3.63) is 136 Å². The van der Waals surface area contributed by atoms with Crippen molar-refractivity contribution in [2.24, 2.45) is 0 Å². The fraction of sp³-hybridized carbons (Fsp3) is 0. The van der Waals surface area contributed by atoms with Crippen LogP contribution in [0.15, 0.2) is 82.0 Å². The van der Waals surface area contributed by atoms with E-state index in [1.807, 2.05) is 0 Å². The maximum atomic E-state index is 13.0. The summed E-state index contributed by atoms with van der Waals surface area (Å²) in [4.78, 5) is 43.5. The molecule has 0 amide bonds. The zero-order valence-electron chi connectivity index (χ0n) is 19.5. The number of halogens is 3. The Hall–Kier alpha value is -4.20. The Bertz CT molecular complexity index is 1580. The molecule has 0 N–H and O–H groups in total. The van der Waals surface area contributed by atoms with Gasteiger partial charge in [-0.3, -0.25) is 29.8 Å². The maximum Gasteiger partial charge on any atom is 0.324 e. The summed E-state index contributed by atoms with van der Waals surface area (Å²) >= 11 is 5.11. The van der Waals surface area contributed by atoms with Crippen LogP contribution in [0, 0.1) is 31.9 Å². The van der Waals surface area contributed by atoms with E-state index in [0.29, 0.717) is 16.7 Å². The molecule has 0 bridgehead atoms. The molecule has 8 nitrogen and oxygen atoms in total. The van der Waals surface area contributed by atoms with Crippen molar-refractivity contribution in [3.8, 4) is 0 Å². The van der Waals surface area contributed by atoms with E-state index in [1.54, 1.807) is 29.6 Å². The van der Waals surface area contributed by atoms with Gasteiger partial charge in [0.05, 0.1) is 9.85 Å². The molecule has 0 aliphatic carbocycles. The van der Waals surface area contributed by atoms with Gasteiger partial charge in [-0.2, -0.15) is 0 Å². The third-order valence-electron chi connectivity index (χ3n) is 4.70. The van der Waals surface area contributed by atoms with Gasteiger partial charge in [0.2, 0.25) is 0 Å². The van der Waals surface area contributed by atoms with Crippen molar-refractivity contribution in [1.29, 1.82) is 0 Å². The number of allylic oxidation sites excluding steroid dienone is 2. The van der Waals surface area contributed by atoms with Gasteiger partial charge in [-0.25, -0.2) is 8.78 Å². The molecule has 0 atom stereocenters. The lowest BCUT2D eigenvalue weighted by Crippen LogP contribution is -1.93. The van der Waals surface area contributed by atoms with Crippen LogP contribution in [0.3, 0.4) is 0 Å². The first kappa shape index (κ1) is 29.4. The summed E-state index contributed by atoms with van der Waals surface area (Å²) in [7, 11) is 0. The summed E-state index contributed by atoms with van der Waals surface area (Å²) in [6.45, 7) is 0. The number of thiophene rings is 2. The van der Waals surface area contributed by atoms with Gasteiger partial charge >= 0.3 is 10.0 Å². The molecule has 0 unspecified atom stereocenters. The molecule has 0 saturated carbocycles. The van der Waals surface area contributed by atoms with Crippen LogP contribution in [0.2, 0.25) is 0 Å². The SMILES string of the molecule is O=C(/C=C/c1cc(F)cc(F)c1)c1ccc(Br)cc1.O=C(/C=C/c1csc([N+](=O)[O-])c1)c1csc([N+](=O)[O-])c1. The van der Waals surface area contributed by atoms with Crippen LogP contribution in [0.4, 0.5) is 18.8 Å². The quantitative estimate of drug-likeness (QED) is 0.0836. The van der Waals surface area contributed by atoms with Crippen LogP contribution in [-0.4, -0.2) is 21.4 Å². The number of ketones is 2. The van der Waals surface area contributed by atoms with Crippen LogP contribution in [0.5, 0.6) is 0 Å². The van der Waals surface area contributed by atoms with Crippen molar-refractivity contribution in [3.63, 3.8) is 0 Å². The molecule has 2 aromatic heterocycles. The highest BCUT2D eigenvalue weighted by Crippen LogP contribution is 2.25. The van der Waals surface area contributed by atoms with Gasteiger partial charge in [0, 0.05) is 44.6 Å². The van der Waals surface area contributed by atoms with E-state index in [1.165, 1.54) is 41.8 Å². The van der Waals surface area contributed by atoms with E-state index in [2.05, 4.69) is 15.9 Å². The van der Waals surface area contributed by atoms with Gasteiger partial charge in [0.1, 0.15) is 11.6 Å². The molecule has 0 saturated heterocycles. The third-order valence-corrected chi connectivity index (χ3v) is 7.01.